The van der Waals surface area contributed by atoms with Gasteiger partial charge in [-0.2, -0.15) is 0 Å². The maximum absolute atomic E-state index is 13.2. The Morgan fingerprint density at radius 1 is 1.24 bits per heavy atom. The molecule has 136 valence electrons. The molecule has 1 aromatic carbocycles. The SMILES string of the molecule is CCCC1CCCN(C(=O)c2oc3ccccc3c2CN(C)C)CC1. The Hall–Kier alpha value is -1.81. The minimum absolute atomic E-state index is 0.0604. The van der Waals surface area contributed by atoms with Gasteiger partial charge in [-0.25, -0.2) is 0 Å². The van der Waals surface area contributed by atoms with Crippen LogP contribution < -0.4 is 0 Å². The fourth-order valence-electron chi connectivity index (χ4n) is 3.95. The molecule has 1 unspecified atom stereocenters. The smallest absolute Gasteiger partial charge is 0.289 e. The molecule has 0 spiro atoms. The second kappa shape index (κ2) is 8.05. The van der Waals surface area contributed by atoms with E-state index in [1.807, 2.05) is 43.3 Å². The van der Waals surface area contributed by atoms with Gasteiger partial charge in [0, 0.05) is 30.6 Å². The number of carbonyl (C=O) groups is 1. The van der Waals surface area contributed by atoms with E-state index in [0.717, 1.165) is 48.4 Å². The molecule has 0 bridgehead atoms. The highest BCUT2D eigenvalue weighted by Crippen LogP contribution is 2.29. The predicted octanol–water partition coefficient (Wildman–Crippen LogP) is 4.54. The summed E-state index contributed by atoms with van der Waals surface area (Å²) in [7, 11) is 4.05. The van der Waals surface area contributed by atoms with Gasteiger partial charge in [0.1, 0.15) is 5.58 Å². The molecule has 1 amide bonds. The molecule has 1 aliphatic heterocycles. The number of benzene rings is 1. The maximum atomic E-state index is 13.2. The highest BCUT2D eigenvalue weighted by molar-refractivity contribution is 5.99. The number of furan rings is 1. The summed E-state index contributed by atoms with van der Waals surface area (Å²) in [6, 6.07) is 7.96. The molecule has 1 fully saturated rings. The van der Waals surface area contributed by atoms with Gasteiger partial charge in [-0.3, -0.25) is 4.79 Å². The summed E-state index contributed by atoms with van der Waals surface area (Å²) in [6.45, 7) is 4.65. The number of carbonyl (C=O) groups excluding carboxylic acids is 1. The van der Waals surface area contributed by atoms with Gasteiger partial charge in [-0.1, -0.05) is 38.0 Å². The van der Waals surface area contributed by atoms with Gasteiger partial charge in [0.2, 0.25) is 0 Å². The third-order valence-corrected chi connectivity index (χ3v) is 5.20. The van der Waals surface area contributed by atoms with E-state index in [0.29, 0.717) is 12.3 Å². The number of nitrogens with zero attached hydrogens (tertiary/aromatic N) is 2. The number of amides is 1. The molecule has 1 atom stereocenters. The van der Waals surface area contributed by atoms with E-state index in [9.17, 15) is 4.79 Å². The molecule has 1 aliphatic rings. The molecule has 1 aromatic heterocycles. The monoisotopic (exact) mass is 342 g/mol. The average Bonchev–Trinajstić information content (AvgIpc) is 2.78. The van der Waals surface area contributed by atoms with Crippen LogP contribution in [0.2, 0.25) is 0 Å². The van der Waals surface area contributed by atoms with Gasteiger partial charge in [0.15, 0.2) is 5.76 Å². The first-order chi connectivity index (χ1) is 12.1. The van der Waals surface area contributed by atoms with E-state index in [1.54, 1.807) is 0 Å². The molecule has 0 saturated carbocycles. The van der Waals surface area contributed by atoms with Crippen molar-refractivity contribution in [1.82, 2.24) is 9.80 Å². The van der Waals surface area contributed by atoms with Gasteiger partial charge in [-0.05, 0) is 45.3 Å². The lowest BCUT2D eigenvalue weighted by Crippen LogP contribution is -2.32. The first-order valence-electron chi connectivity index (χ1n) is 9.54. The van der Waals surface area contributed by atoms with Gasteiger partial charge >= 0.3 is 0 Å². The number of likely N-dealkylation sites (tertiary alicyclic amines) is 1. The van der Waals surface area contributed by atoms with Gasteiger partial charge in [0.05, 0.1) is 0 Å². The first kappa shape index (κ1) is 18.0. The van der Waals surface area contributed by atoms with E-state index in [2.05, 4.69) is 11.8 Å². The van der Waals surface area contributed by atoms with E-state index >= 15 is 0 Å². The first-order valence-corrected chi connectivity index (χ1v) is 9.54. The molecule has 0 radical (unpaired) electrons. The summed E-state index contributed by atoms with van der Waals surface area (Å²) in [5.41, 5.74) is 1.82. The second-order valence-corrected chi connectivity index (χ2v) is 7.52. The minimum atomic E-state index is 0.0604. The predicted molar refractivity (Wildman–Crippen MR) is 102 cm³/mol. The average molecular weight is 342 g/mol. The summed E-state index contributed by atoms with van der Waals surface area (Å²) >= 11 is 0. The topological polar surface area (TPSA) is 36.7 Å². The van der Waals surface area contributed by atoms with Gasteiger partial charge in [0.25, 0.3) is 5.91 Å². The third-order valence-electron chi connectivity index (χ3n) is 5.20. The zero-order valence-electron chi connectivity index (χ0n) is 15.8. The van der Waals surface area contributed by atoms with Crippen molar-refractivity contribution in [2.24, 2.45) is 5.92 Å². The fraction of sp³-hybridized carbons (Fsp3) is 0.571. The molecule has 4 heteroatoms. The fourth-order valence-corrected chi connectivity index (χ4v) is 3.95. The van der Waals surface area contributed by atoms with Crippen molar-refractivity contribution >= 4 is 16.9 Å². The Balaban J connectivity index is 1.86. The molecular weight excluding hydrogens is 312 g/mol. The van der Waals surface area contributed by atoms with Crippen molar-refractivity contribution in [1.29, 1.82) is 0 Å². The Morgan fingerprint density at radius 2 is 2.04 bits per heavy atom. The third kappa shape index (κ3) is 4.06. The Labute approximate surface area is 150 Å². The largest absolute Gasteiger partial charge is 0.451 e. The normalized spacial score (nSPS) is 18.7. The van der Waals surface area contributed by atoms with Crippen molar-refractivity contribution in [3.63, 3.8) is 0 Å². The van der Waals surface area contributed by atoms with Crippen LogP contribution in [0.3, 0.4) is 0 Å². The van der Waals surface area contributed by atoms with Crippen molar-refractivity contribution in [2.75, 3.05) is 27.2 Å². The zero-order chi connectivity index (χ0) is 17.8. The van der Waals surface area contributed by atoms with Crippen LogP contribution in [0, 0.1) is 5.92 Å². The van der Waals surface area contributed by atoms with Crippen LogP contribution in [0.25, 0.3) is 11.0 Å². The molecule has 2 heterocycles. The van der Waals surface area contributed by atoms with Crippen LogP contribution in [-0.4, -0.2) is 42.9 Å². The minimum Gasteiger partial charge on any atom is -0.451 e. The molecule has 4 nitrogen and oxygen atoms in total. The number of hydrogen-bond donors (Lipinski definition) is 0. The number of fused-ring (bicyclic) bond motifs is 1. The van der Waals surface area contributed by atoms with Gasteiger partial charge < -0.3 is 14.2 Å². The number of hydrogen-bond acceptors (Lipinski definition) is 3. The summed E-state index contributed by atoms with van der Waals surface area (Å²) in [5.74, 6) is 1.36. The molecule has 0 N–H and O–H groups in total. The summed E-state index contributed by atoms with van der Waals surface area (Å²) < 4.78 is 6.01. The van der Waals surface area contributed by atoms with E-state index in [4.69, 9.17) is 4.42 Å². The van der Waals surface area contributed by atoms with E-state index in [-0.39, 0.29) is 5.91 Å². The summed E-state index contributed by atoms with van der Waals surface area (Å²) in [4.78, 5) is 17.3. The van der Waals surface area contributed by atoms with Crippen molar-refractivity contribution in [3.8, 4) is 0 Å². The molecule has 25 heavy (non-hydrogen) atoms. The van der Waals surface area contributed by atoms with Crippen LogP contribution in [0.4, 0.5) is 0 Å². The Morgan fingerprint density at radius 3 is 2.80 bits per heavy atom. The standard InChI is InChI=1S/C21H30N2O2/c1-4-8-16-9-7-13-23(14-12-16)21(24)20-18(15-22(2)3)17-10-5-6-11-19(17)25-20/h5-6,10-11,16H,4,7-9,12-15H2,1-3H3. The second-order valence-electron chi connectivity index (χ2n) is 7.52. The van der Waals surface area contributed by atoms with Crippen molar-refractivity contribution in [3.05, 3.63) is 35.6 Å². The van der Waals surface area contributed by atoms with Crippen LogP contribution in [-0.2, 0) is 6.54 Å². The number of para-hydroxylation sites is 1. The number of rotatable bonds is 5. The molecule has 2 aromatic rings. The Kier molecular flexibility index (Phi) is 5.79. The summed E-state index contributed by atoms with van der Waals surface area (Å²) in [5, 5.41) is 1.05. The molecule has 3 rings (SSSR count). The van der Waals surface area contributed by atoms with Crippen LogP contribution in [0.1, 0.15) is 55.1 Å². The lowest BCUT2D eigenvalue weighted by atomic mass is 9.96. The highest BCUT2D eigenvalue weighted by Gasteiger charge is 2.27. The lowest BCUT2D eigenvalue weighted by molar-refractivity contribution is 0.0727. The quantitative estimate of drug-likeness (QED) is 0.800. The van der Waals surface area contributed by atoms with E-state index < -0.39 is 0 Å². The van der Waals surface area contributed by atoms with Crippen LogP contribution >= 0.6 is 0 Å². The zero-order valence-corrected chi connectivity index (χ0v) is 15.8. The molecule has 1 saturated heterocycles. The highest BCUT2D eigenvalue weighted by atomic mass is 16.3. The van der Waals surface area contributed by atoms with Crippen molar-refractivity contribution in [2.45, 2.75) is 45.6 Å². The van der Waals surface area contributed by atoms with Crippen LogP contribution in [0.5, 0.6) is 0 Å². The van der Waals surface area contributed by atoms with Gasteiger partial charge in [-0.15, -0.1) is 0 Å². The summed E-state index contributed by atoms with van der Waals surface area (Å²) in [6.07, 6.45) is 5.96. The van der Waals surface area contributed by atoms with Crippen LogP contribution in [0.15, 0.2) is 28.7 Å². The van der Waals surface area contributed by atoms with Crippen molar-refractivity contribution < 1.29 is 9.21 Å². The van der Waals surface area contributed by atoms with E-state index in [1.165, 1.54) is 19.3 Å². The molecule has 0 aliphatic carbocycles. The Bertz CT molecular complexity index is 720. The lowest BCUT2D eigenvalue weighted by Gasteiger charge is -2.20. The maximum Gasteiger partial charge on any atom is 0.289 e. The molecular formula is C21H30N2O2.